The number of benzene rings is 1. The summed E-state index contributed by atoms with van der Waals surface area (Å²) < 4.78 is 19.3. The first kappa shape index (κ1) is 21.2. The van der Waals surface area contributed by atoms with Gasteiger partial charge in [-0.25, -0.2) is 14.4 Å². The van der Waals surface area contributed by atoms with E-state index in [0.29, 0.717) is 38.0 Å². The molecule has 0 unspecified atom stereocenters. The topological polar surface area (TPSA) is 68.9 Å². The molecule has 0 amide bonds. The van der Waals surface area contributed by atoms with Gasteiger partial charge in [-0.3, -0.25) is 4.98 Å². The predicted octanol–water partition coefficient (Wildman–Crippen LogP) is 6.22. The summed E-state index contributed by atoms with van der Waals surface area (Å²) in [6, 6.07) is 13.1. The molecule has 0 aliphatic carbocycles. The maximum Gasteiger partial charge on any atom is 0.228 e. The van der Waals surface area contributed by atoms with Crippen LogP contribution >= 0.6 is 23.4 Å². The SMILES string of the molecule is CC(C)(C=O)c1ccc(-c2nc(-c3ccc(F)cc3)oc2Sc2ccc(Cl)cn2)cn1. The van der Waals surface area contributed by atoms with Crippen LogP contribution in [0.5, 0.6) is 0 Å². The number of halogens is 2. The van der Waals surface area contributed by atoms with E-state index in [4.69, 9.17) is 16.0 Å². The Morgan fingerprint density at radius 2 is 1.74 bits per heavy atom. The molecule has 0 spiro atoms. The minimum atomic E-state index is -0.688. The molecule has 0 aliphatic heterocycles. The van der Waals surface area contributed by atoms with Gasteiger partial charge in [-0.05, 0) is 74.1 Å². The summed E-state index contributed by atoms with van der Waals surface area (Å²) in [6.45, 7) is 3.61. The quantitative estimate of drug-likeness (QED) is 0.323. The zero-order chi connectivity index (χ0) is 22.0. The molecule has 3 aromatic heterocycles. The van der Waals surface area contributed by atoms with Crippen molar-refractivity contribution in [3.8, 4) is 22.7 Å². The van der Waals surface area contributed by atoms with Crippen molar-refractivity contribution in [2.75, 3.05) is 0 Å². The maximum absolute atomic E-state index is 13.3. The van der Waals surface area contributed by atoms with Gasteiger partial charge in [-0.2, -0.15) is 0 Å². The highest BCUT2D eigenvalue weighted by Crippen LogP contribution is 2.38. The fraction of sp³-hybridized carbons (Fsp3) is 0.130. The molecule has 3 heterocycles. The maximum atomic E-state index is 13.3. The van der Waals surface area contributed by atoms with Gasteiger partial charge in [0.05, 0.1) is 16.1 Å². The molecule has 0 fully saturated rings. The Morgan fingerprint density at radius 1 is 1.00 bits per heavy atom. The van der Waals surface area contributed by atoms with Crippen LogP contribution in [0.25, 0.3) is 22.7 Å². The van der Waals surface area contributed by atoms with E-state index in [-0.39, 0.29) is 5.82 Å². The average molecular weight is 454 g/mol. The fourth-order valence-corrected chi connectivity index (χ4v) is 3.69. The van der Waals surface area contributed by atoms with Crippen LogP contribution in [0.1, 0.15) is 19.5 Å². The lowest BCUT2D eigenvalue weighted by atomic mass is 9.90. The summed E-state index contributed by atoms with van der Waals surface area (Å²) in [5.74, 6) is 0.0110. The molecular formula is C23H17ClFN3O2S. The number of aromatic nitrogens is 3. The second kappa shape index (κ2) is 8.61. The number of hydrogen-bond acceptors (Lipinski definition) is 6. The molecular weight excluding hydrogens is 437 g/mol. The highest BCUT2D eigenvalue weighted by atomic mass is 35.5. The Morgan fingerprint density at radius 3 is 2.35 bits per heavy atom. The van der Waals surface area contributed by atoms with E-state index in [1.807, 2.05) is 6.07 Å². The van der Waals surface area contributed by atoms with Gasteiger partial charge in [0.15, 0.2) is 5.09 Å². The van der Waals surface area contributed by atoms with E-state index in [9.17, 15) is 9.18 Å². The van der Waals surface area contributed by atoms with Gasteiger partial charge >= 0.3 is 0 Å². The van der Waals surface area contributed by atoms with Gasteiger partial charge in [0.2, 0.25) is 5.89 Å². The van der Waals surface area contributed by atoms with Crippen molar-refractivity contribution in [3.05, 3.63) is 77.5 Å². The summed E-state index contributed by atoms with van der Waals surface area (Å²) in [4.78, 5) is 24.7. The molecule has 31 heavy (non-hydrogen) atoms. The van der Waals surface area contributed by atoms with E-state index in [1.165, 1.54) is 23.9 Å². The zero-order valence-electron chi connectivity index (χ0n) is 16.7. The molecule has 0 bridgehead atoms. The van der Waals surface area contributed by atoms with Crippen molar-refractivity contribution in [1.29, 1.82) is 0 Å². The number of carbonyl (C=O) groups is 1. The van der Waals surface area contributed by atoms with Gasteiger partial charge in [-0.15, -0.1) is 0 Å². The third kappa shape index (κ3) is 4.68. The summed E-state index contributed by atoms with van der Waals surface area (Å²) in [6.07, 6.45) is 4.08. The van der Waals surface area contributed by atoms with Gasteiger partial charge in [0, 0.05) is 23.5 Å². The van der Waals surface area contributed by atoms with Crippen LogP contribution in [0.3, 0.4) is 0 Å². The standard InChI is InChI=1S/C23H17ClFN3O2S/c1-23(2,13-29)18-9-5-15(11-26-18)20-22(31-19-10-6-16(24)12-27-19)30-21(28-20)14-3-7-17(25)8-4-14/h3-13H,1-2H3. The highest BCUT2D eigenvalue weighted by Gasteiger charge is 2.23. The molecule has 1 aromatic carbocycles. The Balaban J connectivity index is 1.76. The van der Waals surface area contributed by atoms with Crippen molar-refractivity contribution < 1.29 is 13.6 Å². The minimum Gasteiger partial charge on any atom is -0.429 e. The second-order valence-corrected chi connectivity index (χ2v) is 8.78. The lowest BCUT2D eigenvalue weighted by Gasteiger charge is -2.15. The smallest absolute Gasteiger partial charge is 0.228 e. The minimum absolute atomic E-state index is 0.340. The Hall–Kier alpha value is -3.03. The number of rotatable bonds is 6. The largest absolute Gasteiger partial charge is 0.429 e. The normalized spacial score (nSPS) is 11.5. The Bertz CT molecular complexity index is 1210. The number of oxazole rings is 1. The summed E-state index contributed by atoms with van der Waals surface area (Å²) in [5, 5.41) is 1.73. The molecule has 0 aliphatic rings. The average Bonchev–Trinajstić information content (AvgIpc) is 3.19. The molecule has 5 nitrogen and oxygen atoms in total. The van der Waals surface area contributed by atoms with E-state index >= 15 is 0 Å². The van der Waals surface area contributed by atoms with Crippen molar-refractivity contribution in [2.24, 2.45) is 0 Å². The third-order valence-corrected chi connectivity index (χ3v) is 5.71. The van der Waals surface area contributed by atoms with Crippen LogP contribution in [-0.2, 0) is 10.2 Å². The molecule has 0 N–H and O–H groups in total. The van der Waals surface area contributed by atoms with Crippen LogP contribution in [0, 0.1) is 5.82 Å². The fourth-order valence-electron chi connectivity index (χ4n) is 2.77. The van der Waals surface area contributed by atoms with Gasteiger partial charge in [0.1, 0.15) is 22.8 Å². The van der Waals surface area contributed by atoms with Crippen molar-refractivity contribution in [1.82, 2.24) is 15.0 Å². The van der Waals surface area contributed by atoms with Crippen LogP contribution in [0.4, 0.5) is 4.39 Å². The van der Waals surface area contributed by atoms with E-state index in [0.717, 1.165) is 11.8 Å². The van der Waals surface area contributed by atoms with Crippen molar-refractivity contribution in [3.63, 3.8) is 0 Å². The summed E-state index contributed by atoms with van der Waals surface area (Å²) in [7, 11) is 0. The Labute approximate surface area is 187 Å². The molecule has 4 aromatic rings. The van der Waals surface area contributed by atoms with Crippen LogP contribution in [0.15, 0.2) is 75.5 Å². The van der Waals surface area contributed by atoms with Crippen LogP contribution in [0.2, 0.25) is 5.02 Å². The number of carbonyl (C=O) groups excluding carboxylic acids is 1. The Kier molecular flexibility index (Phi) is 5.89. The molecule has 0 saturated heterocycles. The number of nitrogens with zero attached hydrogens (tertiary/aromatic N) is 3. The van der Waals surface area contributed by atoms with E-state index in [1.54, 1.807) is 56.6 Å². The summed E-state index contributed by atoms with van der Waals surface area (Å²) in [5.41, 5.74) is 1.90. The first-order valence-corrected chi connectivity index (χ1v) is 10.5. The first-order chi connectivity index (χ1) is 14.9. The van der Waals surface area contributed by atoms with Crippen LogP contribution < -0.4 is 0 Å². The molecule has 4 rings (SSSR count). The van der Waals surface area contributed by atoms with Gasteiger partial charge in [0.25, 0.3) is 0 Å². The monoisotopic (exact) mass is 453 g/mol. The second-order valence-electron chi connectivity index (χ2n) is 7.35. The predicted molar refractivity (Wildman–Crippen MR) is 118 cm³/mol. The zero-order valence-corrected chi connectivity index (χ0v) is 18.2. The third-order valence-electron chi connectivity index (χ3n) is 4.58. The first-order valence-electron chi connectivity index (χ1n) is 9.35. The number of aldehydes is 1. The number of pyridine rings is 2. The molecule has 0 saturated carbocycles. The summed E-state index contributed by atoms with van der Waals surface area (Å²) >= 11 is 7.22. The van der Waals surface area contributed by atoms with E-state index < -0.39 is 5.41 Å². The molecule has 0 atom stereocenters. The van der Waals surface area contributed by atoms with Crippen LogP contribution in [-0.4, -0.2) is 21.2 Å². The lowest BCUT2D eigenvalue weighted by Crippen LogP contribution is -2.20. The molecule has 0 radical (unpaired) electrons. The van der Waals surface area contributed by atoms with Gasteiger partial charge in [-0.1, -0.05) is 11.6 Å². The molecule has 8 heteroatoms. The van der Waals surface area contributed by atoms with E-state index in [2.05, 4.69) is 15.0 Å². The van der Waals surface area contributed by atoms with Crippen molar-refractivity contribution in [2.45, 2.75) is 29.4 Å². The highest BCUT2D eigenvalue weighted by molar-refractivity contribution is 7.99. The lowest BCUT2D eigenvalue weighted by molar-refractivity contribution is -0.111. The van der Waals surface area contributed by atoms with Crippen molar-refractivity contribution >= 4 is 29.6 Å². The molecule has 156 valence electrons. The van der Waals surface area contributed by atoms with Gasteiger partial charge < -0.3 is 9.21 Å². The number of hydrogen-bond donors (Lipinski definition) is 0.